The van der Waals surface area contributed by atoms with Crippen LogP contribution in [0.3, 0.4) is 0 Å². The van der Waals surface area contributed by atoms with Crippen molar-refractivity contribution in [2.45, 2.75) is 58.5 Å². The molecule has 3 heterocycles. The van der Waals surface area contributed by atoms with E-state index in [0.29, 0.717) is 0 Å². The molecule has 6 nitrogen and oxygen atoms in total. The lowest BCUT2D eigenvalue weighted by molar-refractivity contribution is -0.113. The van der Waals surface area contributed by atoms with Gasteiger partial charge in [-0.3, -0.25) is 9.20 Å². The number of aromatic nitrogens is 4. The van der Waals surface area contributed by atoms with Gasteiger partial charge in [0.25, 0.3) is 0 Å². The first-order chi connectivity index (χ1) is 15.5. The van der Waals surface area contributed by atoms with Crippen LogP contribution in [0.4, 0.5) is 5.69 Å². The number of thiophene rings is 1. The highest BCUT2D eigenvalue weighted by atomic mass is 32.2. The third-order valence-electron chi connectivity index (χ3n) is 6.23. The van der Waals surface area contributed by atoms with Crippen molar-refractivity contribution >= 4 is 50.6 Å². The molecule has 0 spiro atoms. The molecule has 32 heavy (non-hydrogen) atoms. The van der Waals surface area contributed by atoms with Crippen molar-refractivity contribution in [2.24, 2.45) is 5.92 Å². The first kappa shape index (κ1) is 21.4. The molecule has 3 aromatic heterocycles. The molecule has 0 bridgehead atoms. The van der Waals surface area contributed by atoms with Crippen molar-refractivity contribution < 1.29 is 4.79 Å². The van der Waals surface area contributed by atoms with E-state index in [9.17, 15) is 4.79 Å². The average Bonchev–Trinajstić information content (AvgIpc) is 3.34. The SMILES string of the molecule is CCc1nc2sc3c(c2c2nnc(SCC(=O)Nc4c(C)cccc4C)n12)CC[C@@H](C)C3. The lowest BCUT2D eigenvalue weighted by atomic mass is 9.89. The highest BCUT2D eigenvalue weighted by Crippen LogP contribution is 2.39. The zero-order valence-electron chi connectivity index (χ0n) is 18.9. The molecule has 1 amide bonds. The number of rotatable bonds is 5. The fourth-order valence-corrected chi connectivity index (χ4v) is 6.67. The van der Waals surface area contributed by atoms with E-state index in [2.05, 4.69) is 33.8 Å². The minimum Gasteiger partial charge on any atom is -0.325 e. The summed E-state index contributed by atoms with van der Waals surface area (Å²) < 4.78 is 2.06. The van der Waals surface area contributed by atoms with Gasteiger partial charge in [-0.05, 0) is 55.7 Å². The highest BCUT2D eigenvalue weighted by Gasteiger charge is 2.25. The average molecular weight is 466 g/mol. The molecule has 5 rings (SSSR count). The molecule has 4 aromatic rings. The quantitative estimate of drug-likeness (QED) is 0.401. The monoisotopic (exact) mass is 465 g/mol. The Hall–Kier alpha value is -2.45. The molecular weight excluding hydrogens is 438 g/mol. The number of hydrogen-bond donors (Lipinski definition) is 1. The lowest BCUT2D eigenvalue weighted by Crippen LogP contribution is -2.16. The third kappa shape index (κ3) is 3.69. The Kier molecular flexibility index (Phi) is 5.67. The summed E-state index contributed by atoms with van der Waals surface area (Å²) in [5.41, 5.74) is 5.30. The van der Waals surface area contributed by atoms with Crippen LogP contribution in [0.1, 0.15) is 47.7 Å². The number of hydrogen-bond acceptors (Lipinski definition) is 6. The largest absolute Gasteiger partial charge is 0.325 e. The molecule has 166 valence electrons. The van der Waals surface area contributed by atoms with Gasteiger partial charge in [-0.25, -0.2) is 4.98 Å². The Bertz CT molecular complexity index is 1320. The second-order valence-corrected chi connectivity index (χ2v) is 10.7. The van der Waals surface area contributed by atoms with E-state index < -0.39 is 0 Å². The number of nitrogens with zero attached hydrogens (tertiary/aromatic N) is 4. The summed E-state index contributed by atoms with van der Waals surface area (Å²) in [7, 11) is 0. The fraction of sp³-hybridized carbons (Fsp3) is 0.417. The van der Waals surface area contributed by atoms with Gasteiger partial charge in [0.2, 0.25) is 5.91 Å². The van der Waals surface area contributed by atoms with Crippen molar-refractivity contribution in [1.82, 2.24) is 19.6 Å². The number of carbonyl (C=O) groups is 1. The van der Waals surface area contributed by atoms with Crippen molar-refractivity contribution in [3.63, 3.8) is 0 Å². The van der Waals surface area contributed by atoms with Gasteiger partial charge in [-0.2, -0.15) is 0 Å². The van der Waals surface area contributed by atoms with Gasteiger partial charge in [0.05, 0.1) is 11.1 Å². The van der Waals surface area contributed by atoms with E-state index in [1.807, 2.05) is 43.4 Å². The highest BCUT2D eigenvalue weighted by molar-refractivity contribution is 7.99. The molecule has 1 aliphatic rings. The van der Waals surface area contributed by atoms with E-state index in [0.717, 1.165) is 68.8 Å². The summed E-state index contributed by atoms with van der Waals surface area (Å²) in [4.78, 5) is 20.2. The Labute approximate surface area is 195 Å². The summed E-state index contributed by atoms with van der Waals surface area (Å²) in [6, 6.07) is 6.02. The van der Waals surface area contributed by atoms with Crippen LogP contribution < -0.4 is 5.32 Å². The van der Waals surface area contributed by atoms with Gasteiger partial charge in [0.1, 0.15) is 10.7 Å². The number of para-hydroxylation sites is 1. The number of aryl methyl sites for hydroxylation is 4. The summed E-state index contributed by atoms with van der Waals surface area (Å²) >= 11 is 3.23. The second-order valence-electron chi connectivity index (χ2n) is 8.66. The molecule has 0 aliphatic heterocycles. The van der Waals surface area contributed by atoms with E-state index in [4.69, 9.17) is 4.98 Å². The maximum absolute atomic E-state index is 12.7. The number of amides is 1. The topological polar surface area (TPSA) is 72.2 Å². The zero-order chi connectivity index (χ0) is 22.4. The van der Waals surface area contributed by atoms with Crippen LogP contribution in [-0.2, 0) is 24.1 Å². The van der Waals surface area contributed by atoms with Gasteiger partial charge < -0.3 is 5.32 Å². The third-order valence-corrected chi connectivity index (χ3v) is 8.31. The molecule has 0 saturated carbocycles. The number of nitrogens with one attached hydrogen (secondary N) is 1. The van der Waals surface area contributed by atoms with Gasteiger partial charge in [0, 0.05) is 17.0 Å². The Balaban J connectivity index is 1.46. The molecule has 0 saturated heterocycles. The van der Waals surface area contributed by atoms with Crippen LogP contribution >= 0.6 is 23.1 Å². The standard InChI is InChI=1S/C24H27N5OS2/c1-5-18-25-23-20(16-10-9-13(2)11-17(16)32-23)22-27-28-24(29(18)22)31-12-19(30)26-21-14(3)7-6-8-15(21)4/h6-8,13H,5,9-12H2,1-4H3,(H,26,30)/t13-/m1/s1. The molecule has 1 aromatic carbocycles. The molecule has 0 radical (unpaired) electrons. The number of carbonyl (C=O) groups excluding carboxylic acids is 1. The van der Waals surface area contributed by atoms with Crippen LogP contribution in [-0.4, -0.2) is 31.2 Å². The second kappa shape index (κ2) is 8.48. The number of thioether (sulfide) groups is 1. The van der Waals surface area contributed by atoms with Crippen molar-refractivity contribution in [3.8, 4) is 0 Å². The van der Waals surface area contributed by atoms with Crippen LogP contribution in [0, 0.1) is 19.8 Å². The van der Waals surface area contributed by atoms with Crippen LogP contribution in [0.5, 0.6) is 0 Å². The minimum absolute atomic E-state index is 0.0434. The van der Waals surface area contributed by atoms with E-state index in [1.165, 1.54) is 28.6 Å². The lowest BCUT2D eigenvalue weighted by Gasteiger charge is -2.17. The normalized spacial score (nSPS) is 15.9. The first-order valence-corrected chi connectivity index (χ1v) is 12.9. The molecule has 8 heteroatoms. The molecule has 0 unspecified atom stereocenters. The van der Waals surface area contributed by atoms with Gasteiger partial charge in [-0.1, -0.05) is 43.8 Å². The van der Waals surface area contributed by atoms with Crippen LogP contribution in [0.15, 0.2) is 23.4 Å². The number of benzene rings is 1. The van der Waals surface area contributed by atoms with Gasteiger partial charge >= 0.3 is 0 Å². The number of anilines is 1. The summed E-state index contributed by atoms with van der Waals surface area (Å²) in [6.07, 6.45) is 4.19. The van der Waals surface area contributed by atoms with Gasteiger partial charge in [0.15, 0.2) is 10.8 Å². The number of fused-ring (bicyclic) bond motifs is 5. The maximum atomic E-state index is 12.7. The molecule has 1 aliphatic carbocycles. The Morgan fingerprint density at radius 3 is 2.81 bits per heavy atom. The summed E-state index contributed by atoms with van der Waals surface area (Å²) in [6.45, 7) is 8.44. The molecule has 0 fully saturated rings. The predicted molar refractivity (Wildman–Crippen MR) is 132 cm³/mol. The molecule has 1 N–H and O–H groups in total. The van der Waals surface area contributed by atoms with Crippen LogP contribution in [0.2, 0.25) is 0 Å². The molecule has 1 atom stereocenters. The minimum atomic E-state index is -0.0434. The van der Waals surface area contributed by atoms with Crippen molar-refractivity contribution in [3.05, 3.63) is 45.6 Å². The fourth-order valence-electron chi connectivity index (χ4n) is 4.53. The molecular formula is C24H27N5OS2. The summed E-state index contributed by atoms with van der Waals surface area (Å²) in [5.74, 6) is 1.89. The summed E-state index contributed by atoms with van der Waals surface area (Å²) in [5, 5.41) is 14.0. The van der Waals surface area contributed by atoms with Crippen LogP contribution in [0.25, 0.3) is 15.9 Å². The Morgan fingerprint density at radius 1 is 1.28 bits per heavy atom. The van der Waals surface area contributed by atoms with Gasteiger partial charge in [-0.15, -0.1) is 21.5 Å². The first-order valence-electron chi connectivity index (χ1n) is 11.1. The van der Waals surface area contributed by atoms with Crippen molar-refractivity contribution in [1.29, 1.82) is 0 Å². The maximum Gasteiger partial charge on any atom is 0.234 e. The van der Waals surface area contributed by atoms with Crippen molar-refractivity contribution in [2.75, 3.05) is 11.1 Å². The predicted octanol–water partition coefficient (Wildman–Crippen LogP) is 5.37. The van der Waals surface area contributed by atoms with E-state index in [1.54, 1.807) is 0 Å². The zero-order valence-corrected chi connectivity index (χ0v) is 20.5. The Morgan fingerprint density at radius 2 is 2.06 bits per heavy atom. The smallest absolute Gasteiger partial charge is 0.234 e. The van der Waals surface area contributed by atoms with E-state index >= 15 is 0 Å². The van der Waals surface area contributed by atoms with E-state index in [-0.39, 0.29) is 11.7 Å².